The van der Waals surface area contributed by atoms with Gasteiger partial charge in [0.15, 0.2) is 0 Å². The van der Waals surface area contributed by atoms with E-state index >= 15 is 0 Å². The minimum absolute atomic E-state index is 0.0665. The van der Waals surface area contributed by atoms with Gasteiger partial charge in [-0.05, 0) is 32.1 Å². The minimum Gasteiger partial charge on any atom is -0.380 e. The highest BCUT2D eigenvalue weighted by atomic mass is 16.5. The summed E-state index contributed by atoms with van der Waals surface area (Å²) in [5.74, 6) is -0.0422. The van der Waals surface area contributed by atoms with E-state index in [1.54, 1.807) is 18.2 Å². The van der Waals surface area contributed by atoms with Crippen molar-refractivity contribution in [3.05, 3.63) is 18.0 Å². The molecule has 1 aromatic rings. The van der Waals surface area contributed by atoms with Crippen LogP contribution in [0.2, 0.25) is 0 Å². The second-order valence-corrected chi connectivity index (χ2v) is 7.39. The van der Waals surface area contributed by atoms with E-state index in [9.17, 15) is 9.59 Å². The molecule has 2 atom stereocenters. The smallest absolute Gasteiger partial charge is 0.257 e. The van der Waals surface area contributed by atoms with Crippen LogP contribution in [0.15, 0.2) is 12.4 Å². The van der Waals surface area contributed by atoms with Crippen molar-refractivity contribution in [1.82, 2.24) is 19.6 Å². The van der Waals surface area contributed by atoms with Gasteiger partial charge in [0.05, 0.1) is 23.9 Å². The summed E-state index contributed by atoms with van der Waals surface area (Å²) in [5, 5.41) is 4.36. The average Bonchev–Trinajstić information content (AvgIpc) is 3.31. The number of aromatic nitrogens is 2. The second-order valence-electron chi connectivity index (χ2n) is 7.39. The van der Waals surface area contributed by atoms with Crippen molar-refractivity contribution in [2.24, 2.45) is 0 Å². The first kappa shape index (κ1) is 16.6. The fourth-order valence-corrected chi connectivity index (χ4v) is 4.04. The van der Waals surface area contributed by atoms with Crippen molar-refractivity contribution in [3.63, 3.8) is 0 Å². The van der Waals surface area contributed by atoms with E-state index < -0.39 is 6.04 Å². The molecule has 0 radical (unpaired) electrons. The zero-order chi connectivity index (χ0) is 17.4. The molecule has 2 aliphatic heterocycles. The van der Waals surface area contributed by atoms with Crippen molar-refractivity contribution in [2.75, 3.05) is 26.7 Å². The van der Waals surface area contributed by atoms with E-state index in [0.717, 1.165) is 38.8 Å². The molecule has 0 N–H and O–H groups in total. The van der Waals surface area contributed by atoms with Gasteiger partial charge in [0.2, 0.25) is 5.91 Å². The SMILES string of the molecule is CO[C@H]1C[C@@H](C(=O)N2CCCC2)N(C(=O)c2cnn(C3CCC3)c2)C1. The number of carbonyl (C=O) groups excluding carboxylic acids is 2. The fourth-order valence-electron chi connectivity index (χ4n) is 4.04. The summed E-state index contributed by atoms with van der Waals surface area (Å²) >= 11 is 0. The predicted molar refractivity (Wildman–Crippen MR) is 91.2 cm³/mol. The molecule has 3 heterocycles. The fraction of sp³-hybridized carbons (Fsp3) is 0.722. The largest absolute Gasteiger partial charge is 0.380 e. The van der Waals surface area contributed by atoms with Gasteiger partial charge in [0.1, 0.15) is 6.04 Å². The van der Waals surface area contributed by atoms with Gasteiger partial charge in [-0.15, -0.1) is 0 Å². The molecular formula is C18H26N4O3. The maximum Gasteiger partial charge on any atom is 0.257 e. The molecule has 136 valence electrons. The monoisotopic (exact) mass is 346 g/mol. The molecule has 0 spiro atoms. The van der Waals surface area contributed by atoms with Gasteiger partial charge in [0.25, 0.3) is 5.91 Å². The third-order valence-electron chi connectivity index (χ3n) is 5.86. The Morgan fingerprint density at radius 3 is 2.60 bits per heavy atom. The van der Waals surface area contributed by atoms with Gasteiger partial charge in [-0.25, -0.2) is 0 Å². The number of methoxy groups -OCH3 is 1. The lowest BCUT2D eigenvalue weighted by atomic mass is 9.93. The first-order valence-electron chi connectivity index (χ1n) is 9.34. The highest BCUT2D eigenvalue weighted by Gasteiger charge is 2.42. The molecule has 7 heteroatoms. The van der Waals surface area contributed by atoms with Crippen LogP contribution < -0.4 is 0 Å². The third-order valence-corrected chi connectivity index (χ3v) is 5.86. The van der Waals surface area contributed by atoms with Crippen LogP contribution >= 0.6 is 0 Å². The summed E-state index contributed by atoms with van der Waals surface area (Å²) in [6.45, 7) is 2.07. The number of hydrogen-bond acceptors (Lipinski definition) is 4. The van der Waals surface area contributed by atoms with E-state index in [1.165, 1.54) is 6.42 Å². The lowest BCUT2D eigenvalue weighted by Gasteiger charge is -2.27. The molecule has 1 saturated carbocycles. The number of hydrogen-bond donors (Lipinski definition) is 0. The number of likely N-dealkylation sites (tertiary alicyclic amines) is 2. The Bertz CT molecular complexity index is 649. The van der Waals surface area contributed by atoms with Gasteiger partial charge >= 0.3 is 0 Å². The van der Waals surface area contributed by atoms with Crippen molar-refractivity contribution in [1.29, 1.82) is 0 Å². The van der Waals surface area contributed by atoms with Crippen molar-refractivity contribution in [3.8, 4) is 0 Å². The first-order valence-corrected chi connectivity index (χ1v) is 9.34. The second kappa shape index (κ2) is 6.78. The number of carbonyl (C=O) groups is 2. The van der Waals surface area contributed by atoms with Crippen LogP contribution in [0.1, 0.15) is 54.9 Å². The molecule has 0 bridgehead atoms. The van der Waals surface area contributed by atoms with Gasteiger partial charge in [0, 0.05) is 39.4 Å². The van der Waals surface area contributed by atoms with E-state index in [4.69, 9.17) is 4.74 Å². The molecule has 3 fully saturated rings. The number of rotatable bonds is 4. The van der Waals surface area contributed by atoms with Crippen LogP contribution in [-0.2, 0) is 9.53 Å². The molecule has 0 unspecified atom stereocenters. The quantitative estimate of drug-likeness (QED) is 0.828. The van der Waals surface area contributed by atoms with Crippen LogP contribution in [0, 0.1) is 0 Å². The molecule has 2 saturated heterocycles. The van der Waals surface area contributed by atoms with E-state index in [0.29, 0.717) is 24.6 Å². The van der Waals surface area contributed by atoms with E-state index in [1.807, 2.05) is 15.8 Å². The Balaban J connectivity index is 1.51. The maximum absolute atomic E-state index is 13.0. The van der Waals surface area contributed by atoms with Gasteiger partial charge in [-0.3, -0.25) is 14.3 Å². The van der Waals surface area contributed by atoms with Crippen LogP contribution in [0.25, 0.3) is 0 Å². The summed E-state index contributed by atoms with van der Waals surface area (Å²) in [4.78, 5) is 29.5. The Morgan fingerprint density at radius 1 is 1.20 bits per heavy atom. The molecule has 1 aliphatic carbocycles. The maximum atomic E-state index is 13.0. The van der Waals surface area contributed by atoms with Crippen LogP contribution in [0.5, 0.6) is 0 Å². The topological polar surface area (TPSA) is 67.7 Å². The molecule has 3 aliphatic rings. The van der Waals surface area contributed by atoms with Crippen molar-refractivity contribution >= 4 is 11.8 Å². The van der Waals surface area contributed by atoms with Gasteiger partial charge in [-0.2, -0.15) is 5.10 Å². The van der Waals surface area contributed by atoms with E-state index in [2.05, 4.69) is 5.10 Å². The summed E-state index contributed by atoms with van der Waals surface area (Å²) in [5.41, 5.74) is 0.572. The summed E-state index contributed by atoms with van der Waals surface area (Å²) in [6.07, 6.45) is 9.55. The van der Waals surface area contributed by atoms with E-state index in [-0.39, 0.29) is 17.9 Å². The van der Waals surface area contributed by atoms with Crippen LogP contribution in [-0.4, -0.2) is 70.3 Å². The molecule has 4 rings (SSSR count). The first-order chi connectivity index (χ1) is 12.2. The molecule has 7 nitrogen and oxygen atoms in total. The Kier molecular flexibility index (Phi) is 4.50. The highest BCUT2D eigenvalue weighted by Crippen LogP contribution is 2.31. The molecule has 2 amide bonds. The number of amides is 2. The molecule has 0 aromatic carbocycles. The lowest BCUT2D eigenvalue weighted by Crippen LogP contribution is -2.46. The number of ether oxygens (including phenoxy) is 1. The minimum atomic E-state index is -0.414. The Hall–Kier alpha value is -1.89. The lowest BCUT2D eigenvalue weighted by molar-refractivity contribution is -0.134. The summed E-state index contributed by atoms with van der Waals surface area (Å²) in [7, 11) is 1.64. The standard InChI is InChI=1S/C18H26N4O3/c1-25-15-9-16(18(24)20-7-2-3-8-20)21(12-15)17(23)13-10-19-22(11-13)14-5-4-6-14/h10-11,14-16H,2-9,12H2,1H3/t15-,16-/m0/s1. The van der Waals surface area contributed by atoms with Gasteiger partial charge in [-0.1, -0.05) is 0 Å². The van der Waals surface area contributed by atoms with Crippen molar-refractivity contribution < 1.29 is 14.3 Å². The average molecular weight is 346 g/mol. The van der Waals surface area contributed by atoms with Crippen LogP contribution in [0.4, 0.5) is 0 Å². The van der Waals surface area contributed by atoms with Gasteiger partial charge < -0.3 is 14.5 Å². The van der Waals surface area contributed by atoms with Crippen LogP contribution in [0.3, 0.4) is 0 Å². The molecular weight excluding hydrogens is 320 g/mol. The zero-order valence-corrected chi connectivity index (χ0v) is 14.8. The summed E-state index contributed by atoms with van der Waals surface area (Å²) in [6, 6.07) is 0.0106. The third kappa shape index (κ3) is 3.05. The number of nitrogens with zero attached hydrogens (tertiary/aromatic N) is 4. The Labute approximate surface area is 147 Å². The zero-order valence-electron chi connectivity index (χ0n) is 14.8. The highest BCUT2D eigenvalue weighted by molar-refractivity contribution is 5.97. The normalized spacial score (nSPS) is 26.9. The molecule has 1 aromatic heterocycles. The summed E-state index contributed by atoms with van der Waals surface area (Å²) < 4.78 is 7.36. The predicted octanol–water partition coefficient (Wildman–Crippen LogP) is 1.46. The van der Waals surface area contributed by atoms with Crippen molar-refractivity contribution in [2.45, 2.75) is 56.7 Å². The molecule has 25 heavy (non-hydrogen) atoms. The Morgan fingerprint density at radius 2 is 1.96 bits per heavy atom.